The third kappa shape index (κ3) is 5.39. The van der Waals surface area contributed by atoms with Crippen LogP contribution in [0.5, 0.6) is 0 Å². The highest BCUT2D eigenvalue weighted by Crippen LogP contribution is 2.39. The van der Waals surface area contributed by atoms with E-state index in [4.69, 9.17) is 0 Å². The molecule has 0 N–H and O–H groups in total. The van der Waals surface area contributed by atoms with E-state index in [1.165, 1.54) is 64.8 Å². The first-order valence-corrected chi connectivity index (χ1v) is 15.4. The zero-order valence-corrected chi connectivity index (χ0v) is 21.7. The van der Waals surface area contributed by atoms with Crippen LogP contribution in [-0.2, 0) is 20.7 Å². The molecule has 4 aromatic carbocycles. The Labute approximate surface area is 212 Å². The third-order valence-corrected chi connectivity index (χ3v) is 10.3. The molecule has 1 fully saturated rings. The summed E-state index contributed by atoms with van der Waals surface area (Å²) >= 11 is 0. The fraction of sp³-hybridized carbons (Fsp3) is 0.226. The lowest BCUT2D eigenvalue weighted by molar-refractivity contribution is 0.443. The van der Waals surface area contributed by atoms with Crippen molar-refractivity contribution in [1.82, 2.24) is 0 Å². The van der Waals surface area contributed by atoms with Crippen LogP contribution < -0.4 is 0 Å². The van der Waals surface area contributed by atoms with Crippen LogP contribution >= 0.6 is 0 Å². The molecule has 0 heterocycles. The smallest absolute Gasteiger partial charge is 0.175 e. The van der Waals surface area contributed by atoms with Crippen molar-refractivity contribution in [3.63, 3.8) is 0 Å². The van der Waals surface area contributed by atoms with E-state index in [9.17, 15) is 8.42 Å². The first kappa shape index (κ1) is 23.9. The van der Waals surface area contributed by atoms with Crippen LogP contribution in [-0.4, -0.2) is 14.7 Å². The van der Waals surface area contributed by atoms with Gasteiger partial charge in [-0.2, -0.15) is 0 Å². The largest absolute Gasteiger partial charge is 0.224 e. The van der Waals surface area contributed by atoms with Crippen molar-refractivity contribution < 1.29 is 8.42 Å². The van der Waals surface area contributed by atoms with Gasteiger partial charge in [0.1, 0.15) is 0 Å². The maximum Gasteiger partial charge on any atom is 0.175 e. The monoisotopic (exact) mass is 499 g/mol. The van der Waals surface area contributed by atoms with Crippen LogP contribution in [0.1, 0.15) is 43.6 Å². The molecule has 1 aliphatic carbocycles. The van der Waals surface area contributed by atoms with Crippen LogP contribution in [0, 0.1) is 0 Å². The summed E-state index contributed by atoms with van der Waals surface area (Å²) in [6.07, 6.45) is 7.91. The van der Waals surface area contributed by atoms with Crippen LogP contribution in [0.25, 0.3) is 11.1 Å². The SMILES string of the molecule is CS(=O)(=O)c1ccc([S+](c2ccccc2)c2ccccc2-c2ccc(C3CCCCC3)cc2)cc1. The summed E-state index contributed by atoms with van der Waals surface area (Å²) in [5.41, 5.74) is 3.91. The molecule has 178 valence electrons. The van der Waals surface area contributed by atoms with Crippen molar-refractivity contribution >= 4 is 20.7 Å². The average Bonchev–Trinajstić information content (AvgIpc) is 2.90. The molecular formula is C31H31O2S2+. The van der Waals surface area contributed by atoms with E-state index in [0.29, 0.717) is 10.8 Å². The first-order chi connectivity index (χ1) is 17.0. The first-order valence-electron chi connectivity index (χ1n) is 12.3. The lowest BCUT2D eigenvalue weighted by Gasteiger charge is -2.22. The van der Waals surface area contributed by atoms with Crippen LogP contribution in [0.2, 0.25) is 0 Å². The van der Waals surface area contributed by atoms with Gasteiger partial charge in [-0.25, -0.2) is 8.42 Å². The molecule has 0 amide bonds. The fourth-order valence-corrected chi connectivity index (χ4v) is 7.89. The highest BCUT2D eigenvalue weighted by atomic mass is 32.2. The Bertz CT molecular complexity index is 1370. The number of benzene rings is 4. The molecule has 0 aliphatic heterocycles. The normalized spacial score (nSPS) is 15.6. The molecule has 5 rings (SSSR count). The molecule has 0 saturated heterocycles. The topological polar surface area (TPSA) is 34.1 Å². The van der Waals surface area contributed by atoms with E-state index in [0.717, 1.165) is 4.90 Å². The van der Waals surface area contributed by atoms with Gasteiger partial charge in [-0.3, -0.25) is 0 Å². The Hall–Kier alpha value is -2.82. The number of hydrogen-bond donors (Lipinski definition) is 0. The van der Waals surface area contributed by atoms with Gasteiger partial charge in [-0.1, -0.05) is 73.9 Å². The second-order valence-electron chi connectivity index (χ2n) is 9.32. The van der Waals surface area contributed by atoms with Crippen molar-refractivity contribution in [3.05, 3.63) is 109 Å². The molecule has 0 spiro atoms. The molecule has 2 nitrogen and oxygen atoms in total. The molecule has 1 aliphatic rings. The van der Waals surface area contributed by atoms with E-state index in [1.807, 2.05) is 18.2 Å². The van der Waals surface area contributed by atoms with Gasteiger partial charge in [-0.05, 0) is 78.4 Å². The molecule has 4 heteroatoms. The van der Waals surface area contributed by atoms with E-state index in [1.54, 1.807) is 12.1 Å². The highest BCUT2D eigenvalue weighted by Gasteiger charge is 2.31. The molecule has 1 atom stereocenters. The molecule has 0 aromatic heterocycles. The van der Waals surface area contributed by atoms with Crippen LogP contribution in [0.15, 0.2) is 123 Å². The summed E-state index contributed by atoms with van der Waals surface area (Å²) in [6.45, 7) is 0. The van der Waals surface area contributed by atoms with Gasteiger partial charge in [0, 0.05) is 11.8 Å². The number of hydrogen-bond acceptors (Lipinski definition) is 2. The molecule has 0 radical (unpaired) electrons. The zero-order chi connectivity index (χ0) is 24.3. The van der Waals surface area contributed by atoms with Crippen molar-refractivity contribution in [2.75, 3.05) is 6.26 Å². The minimum absolute atomic E-state index is 0.351. The van der Waals surface area contributed by atoms with E-state index >= 15 is 0 Å². The summed E-state index contributed by atoms with van der Waals surface area (Å²) in [4.78, 5) is 3.92. The molecule has 1 unspecified atom stereocenters. The summed E-state index contributed by atoms with van der Waals surface area (Å²) in [7, 11) is -3.60. The fourth-order valence-electron chi connectivity index (χ4n) is 5.02. The molecule has 4 aromatic rings. The van der Waals surface area contributed by atoms with Crippen LogP contribution in [0.4, 0.5) is 0 Å². The van der Waals surface area contributed by atoms with Crippen molar-refractivity contribution in [3.8, 4) is 11.1 Å². The van der Waals surface area contributed by atoms with Crippen LogP contribution in [0.3, 0.4) is 0 Å². The highest BCUT2D eigenvalue weighted by molar-refractivity contribution is 7.97. The zero-order valence-electron chi connectivity index (χ0n) is 20.1. The number of sulfone groups is 1. The number of rotatable bonds is 6. The van der Waals surface area contributed by atoms with Crippen molar-refractivity contribution in [2.24, 2.45) is 0 Å². The van der Waals surface area contributed by atoms with Gasteiger partial charge in [0.05, 0.1) is 15.8 Å². The second kappa shape index (κ2) is 10.4. The van der Waals surface area contributed by atoms with Gasteiger partial charge < -0.3 is 0 Å². The Balaban J connectivity index is 1.57. The van der Waals surface area contributed by atoms with Gasteiger partial charge in [-0.15, -0.1) is 0 Å². The van der Waals surface area contributed by atoms with Gasteiger partial charge in [0.15, 0.2) is 24.5 Å². The quantitative estimate of drug-likeness (QED) is 0.253. The lowest BCUT2D eigenvalue weighted by atomic mass is 9.84. The van der Waals surface area contributed by atoms with Gasteiger partial charge in [0.2, 0.25) is 0 Å². The van der Waals surface area contributed by atoms with E-state index in [2.05, 4.69) is 72.8 Å². The lowest BCUT2D eigenvalue weighted by Crippen LogP contribution is -2.07. The average molecular weight is 500 g/mol. The molecule has 1 saturated carbocycles. The Morgan fingerprint density at radius 3 is 1.91 bits per heavy atom. The summed E-state index contributed by atoms with van der Waals surface area (Å²) in [5, 5.41) is 0. The standard InChI is InChI=1S/C31H31O2S2/c1-35(32,33)29-22-20-28(21-23-29)34(27-12-6-3-7-13-27)31-15-9-8-14-30(31)26-18-16-25(17-19-26)24-10-4-2-5-11-24/h3,6-9,12-24H,2,4-5,10-11H2,1H3/q+1. The maximum atomic E-state index is 12.0. The van der Waals surface area contributed by atoms with Gasteiger partial charge >= 0.3 is 0 Å². The summed E-state index contributed by atoms with van der Waals surface area (Å²) < 4.78 is 24.1. The Morgan fingerprint density at radius 2 is 1.26 bits per heavy atom. The summed E-state index contributed by atoms with van der Waals surface area (Å²) in [6, 6.07) is 35.7. The Morgan fingerprint density at radius 1 is 0.657 bits per heavy atom. The van der Waals surface area contributed by atoms with Crippen molar-refractivity contribution in [1.29, 1.82) is 0 Å². The van der Waals surface area contributed by atoms with Crippen molar-refractivity contribution in [2.45, 2.75) is 57.6 Å². The third-order valence-electron chi connectivity index (χ3n) is 6.87. The minimum Gasteiger partial charge on any atom is -0.224 e. The van der Waals surface area contributed by atoms with Gasteiger partial charge in [0.25, 0.3) is 0 Å². The molecule has 35 heavy (non-hydrogen) atoms. The Kier molecular flexibility index (Phi) is 7.12. The minimum atomic E-state index is -3.24. The summed E-state index contributed by atoms with van der Waals surface area (Å²) in [5.74, 6) is 0.695. The second-order valence-corrected chi connectivity index (χ2v) is 13.3. The van der Waals surface area contributed by atoms with E-state index < -0.39 is 9.84 Å². The predicted molar refractivity (Wildman–Crippen MR) is 146 cm³/mol. The maximum absolute atomic E-state index is 12.0. The van der Waals surface area contributed by atoms with E-state index in [-0.39, 0.29) is 10.9 Å². The molecule has 0 bridgehead atoms. The predicted octanol–water partition coefficient (Wildman–Crippen LogP) is 7.90. The molecular weight excluding hydrogens is 468 g/mol.